The van der Waals surface area contributed by atoms with Gasteiger partial charge in [-0.2, -0.15) is 0 Å². The summed E-state index contributed by atoms with van der Waals surface area (Å²) in [4.78, 5) is 25.1. The first-order valence-electron chi connectivity index (χ1n) is 6.64. The van der Waals surface area contributed by atoms with Gasteiger partial charge in [-0.15, -0.1) is 0 Å². The topological polar surface area (TPSA) is 49.4 Å². The fourth-order valence-corrected chi connectivity index (χ4v) is 1.95. The SMILES string of the molecule is CCN(CC)c1c(NCCC(C)(C)C)c(=O)c1=O.[HH]. The Hall–Kier alpha value is -1.32. The largest absolute Gasteiger partial charge is 0.380 e. The second-order valence-corrected chi connectivity index (χ2v) is 5.79. The van der Waals surface area contributed by atoms with Crippen molar-refractivity contribution in [1.82, 2.24) is 0 Å². The molecule has 0 amide bonds. The summed E-state index contributed by atoms with van der Waals surface area (Å²) in [5.74, 6) is 0. The van der Waals surface area contributed by atoms with Gasteiger partial charge >= 0.3 is 0 Å². The molecule has 0 saturated heterocycles. The van der Waals surface area contributed by atoms with Gasteiger partial charge in [0, 0.05) is 21.1 Å². The Morgan fingerprint density at radius 3 is 2.11 bits per heavy atom. The van der Waals surface area contributed by atoms with Crippen molar-refractivity contribution in [3.05, 3.63) is 20.4 Å². The molecule has 4 heteroatoms. The summed E-state index contributed by atoms with van der Waals surface area (Å²) in [6.45, 7) is 12.7. The van der Waals surface area contributed by atoms with Crippen molar-refractivity contribution in [2.75, 3.05) is 29.9 Å². The molecule has 1 rings (SSSR count). The minimum Gasteiger partial charge on any atom is -0.380 e. The molecule has 0 aliphatic heterocycles. The number of anilines is 2. The lowest BCUT2D eigenvalue weighted by Crippen LogP contribution is -2.42. The molecule has 0 heterocycles. The van der Waals surface area contributed by atoms with E-state index in [2.05, 4.69) is 26.1 Å². The molecule has 0 aromatic heterocycles. The van der Waals surface area contributed by atoms with Crippen molar-refractivity contribution in [3.8, 4) is 0 Å². The highest BCUT2D eigenvalue weighted by molar-refractivity contribution is 5.75. The Morgan fingerprint density at radius 2 is 1.67 bits per heavy atom. The molecule has 0 atom stereocenters. The van der Waals surface area contributed by atoms with Crippen LogP contribution in [0.15, 0.2) is 9.59 Å². The molecule has 1 aromatic carbocycles. The van der Waals surface area contributed by atoms with Gasteiger partial charge in [0.1, 0.15) is 11.4 Å². The molecule has 0 unspecified atom stereocenters. The molecule has 0 spiro atoms. The first kappa shape index (κ1) is 14.7. The molecule has 1 aromatic rings. The third-order valence-corrected chi connectivity index (χ3v) is 3.14. The van der Waals surface area contributed by atoms with E-state index >= 15 is 0 Å². The van der Waals surface area contributed by atoms with Crippen LogP contribution >= 0.6 is 0 Å². The van der Waals surface area contributed by atoms with Gasteiger partial charge in [0.15, 0.2) is 0 Å². The van der Waals surface area contributed by atoms with E-state index in [1.807, 2.05) is 18.7 Å². The van der Waals surface area contributed by atoms with Crippen molar-refractivity contribution in [2.45, 2.75) is 41.0 Å². The minimum atomic E-state index is -0.370. The number of nitrogens with zero attached hydrogens (tertiary/aromatic N) is 1. The summed E-state index contributed by atoms with van der Waals surface area (Å²) in [6, 6.07) is 0. The van der Waals surface area contributed by atoms with E-state index in [1.54, 1.807) is 0 Å². The molecule has 0 radical (unpaired) electrons. The number of nitrogens with one attached hydrogen (secondary N) is 1. The van der Waals surface area contributed by atoms with E-state index in [9.17, 15) is 9.59 Å². The zero-order valence-corrected chi connectivity index (χ0v) is 12.1. The average molecular weight is 254 g/mol. The van der Waals surface area contributed by atoms with Gasteiger partial charge in [-0.05, 0) is 25.7 Å². The lowest BCUT2D eigenvalue weighted by Gasteiger charge is -2.26. The minimum absolute atomic E-state index is 0. The summed E-state index contributed by atoms with van der Waals surface area (Å²) in [7, 11) is 0. The van der Waals surface area contributed by atoms with Crippen LogP contribution in [0, 0.1) is 5.41 Å². The second kappa shape index (κ2) is 5.55. The Labute approximate surface area is 110 Å². The van der Waals surface area contributed by atoms with E-state index in [4.69, 9.17) is 0 Å². The molecule has 0 aliphatic carbocycles. The van der Waals surface area contributed by atoms with Crippen LogP contribution < -0.4 is 21.1 Å². The summed E-state index contributed by atoms with van der Waals surface area (Å²) < 4.78 is 0. The van der Waals surface area contributed by atoms with Gasteiger partial charge in [0.05, 0.1) is 0 Å². The third-order valence-electron chi connectivity index (χ3n) is 3.14. The quantitative estimate of drug-likeness (QED) is 0.791. The van der Waals surface area contributed by atoms with Crippen LogP contribution in [0.2, 0.25) is 0 Å². The van der Waals surface area contributed by atoms with Crippen molar-refractivity contribution in [3.63, 3.8) is 0 Å². The van der Waals surface area contributed by atoms with Gasteiger partial charge in [-0.3, -0.25) is 9.59 Å². The van der Waals surface area contributed by atoms with Crippen molar-refractivity contribution >= 4 is 11.4 Å². The Bertz CT molecular complexity index is 466. The highest BCUT2D eigenvalue weighted by Crippen LogP contribution is 2.22. The lowest BCUT2D eigenvalue weighted by atomic mass is 9.92. The van der Waals surface area contributed by atoms with Gasteiger partial charge in [0.2, 0.25) is 0 Å². The molecule has 104 valence electrons. The predicted molar refractivity (Wildman–Crippen MR) is 79.6 cm³/mol. The van der Waals surface area contributed by atoms with Crippen molar-refractivity contribution < 1.29 is 1.43 Å². The van der Waals surface area contributed by atoms with Crippen LogP contribution in [0.5, 0.6) is 0 Å². The van der Waals surface area contributed by atoms with Gasteiger partial charge in [-0.25, -0.2) is 0 Å². The lowest BCUT2D eigenvalue weighted by molar-refractivity contribution is 0.389. The standard InChI is InChI=1S/C14H24N2O2.H2/c1-6-16(7-2)11-10(12(17)13(11)18)15-9-8-14(3,4)5;/h15H,6-9H2,1-5H3;1H. The van der Waals surface area contributed by atoms with Gasteiger partial charge in [-0.1, -0.05) is 20.8 Å². The van der Waals surface area contributed by atoms with E-state index in [0.29, 0.717) is 11.4 Å². The maximum Gasteiger partial charge on any atom is 0.253 e. The third kappa shape index (κ3) is 3.12. The fourth-order valence-electron chi connectivity index (χ4n) is 1.95. The maximum absolute atomic E-state index is 11.6. The Kier molecular flexibility index (Phi) is 4.54. The summed E-state index contributed by atoms with van der Waals surface area (Å²) in [6.07, 6.45) is 0.962. The van der Waals surface area contributed by atoms with Gasteiger partial charge in [0.25, 0.3) is 10.9 Å². The molecule has 0 saturated carbocycles. The maximum atomic E-state index is 11.6. The molecule has 18 heavy (non-hydrogen) atoms. The molecule has 0 aliphatic rings. The fraction of sp³-hybridized carbons (Fsp3) is 0.714. The number of hydrogen-bond donors (Lipinski definition) is 1. The second-order valence-electron chi connectivity index (χ2n) is 5.79. The molecular weight excluding hydrogens is 228 g/mol. The summed E-state index contributed by atoms with van der Waals surface area (Å²) in [5, 5.41) is 3.12. The molecular formula is C14H26N2O2. The predicted octanol–water partition coefficient (Wildman–Crippen LogP) is 2.22. The van der Waals surface area contributed by atoms with E-state index in [0.717, 1.165) is 26.1 Å². The molecule has 0 bridgehead atoms. The summed E-state index contributed by atoms with van der Waals surface area (Å²) >= 11 is 0. The Balaban J connectivity index is 0.00000324. The molecule has 0 fully saturated rings. The monoisotopic (exact) mass is 254 g/mol. The summed E-state index contributed by atoms with van der Waals surface area (Å²) in [5.41, 5.74) is 0.578. The molecule has 1 N–H and O–H groups in total. The normalized spacial score (nSPS) is 11.8. The van der Waals surface area contributed by atoms with Crippen LogP contribution in [-0.4, -0.2) is 19.6 Å². The van der Waals surface area contributed by atoms with Crippen LogP contribution in [0.3, 0.4) is 0 Å². The zero-order chi connectivity index (χ0) is 13.9. The smallest absolute Gasteiger partial charge is 0.253 e. The van der Waals surface area contributed by atoms with Crippen molar-refractivity contribution in [2.24, 2.45) is 5.41 Å². The Morgan fingerprint density at radius 1 is 1.11 bits per heavy atom. The van der Waals surface area contributed by atoms with E-state index in [1.165, 1.54) is 0 Å². The van der Waals surface area contributed by atoms with E-state index < -0.39 is 0 Å². The highest BCUT2D eigenvalue weighted by Gasteiger charge is 2.24. The highest BCUT2D eigenvalue weighted by atomic mass is 16.2. The van der Waals surface area contributed by atoms with Gasteiger partial charge < -0.3 is 10.2 Å². The average Bonchev–Trinajstić information content (AvgIpc) is 2.30. The van der Waals surface area contributed by atoms with Crippen LogP contribution in [0.4, 0.5) is 11.4 Å². The first-order chi connectivity index (χ1) is 8.31. The molecule has 4 nitrogen and oxygen atoms in total. The zero-order valence-electron chi connectivity index (χ0n) is 12.1. The van der Waals surface area contributed by atoms with E-state index in [-0.39, 0.29) is 17.7 Å². The first-order valence-corrected chi connectivity index (χ1v) is 6.64. The van der Waals surface area contributed by atoms with Crippen molar-refractivity contribution in [1.29, 1.82) is 0 Å². The number of rotatable bonds is 6. The van der Waals surface area contributed by atoms with Crippen LogP contribution in [-0.2, 0) is 0 Å². The number of hydrogen-bond acceptors (Lipinski definition) is 4. The van der Waals surface area contributed by atoms with Crippen LogP contribution in [0.25, 0.3) is 0 Å². The van der Waals surface area contributed by atoms with Crippen LogP contribution in [0.1, 0.15) is 42.5 Å².